The molecule has 2 rings (SSSR count). The average molecular weight is 287 g/mol. The first-order valence-electron chi connectivity index (χ1n) is 6.63. The second-order valence-electron chi connectivity index (χ2n) is 4.43. The summed E-state index contributed by atoms with van der Waals surface area (Å²) in [6, 6.07) is 9.68. The van der Waals surface area contributed by atoms with Gasteiger partial charge in [0.25, 0.3) is 0 Å². The normalized spacial score (nSPS) is 11.7. The van der Waals surface area contributed by atoms with Gasteiger partial charge in [-0.2, -0.15) is 4.98 Å². The van der Waals surface area contributed by atoms with Crippen LogP contribution in [0.4, 0.5) is 5.95 Å². The maximum Gasteiger partial charge on any atom is 0.330 e. The van der Waals surface area contributed by atoms with Crippen LogP contribution >= 0.6 is 0 Å². The van der Waals surface area contributed by atoms with E-state index in [1.807, 2.05) is 13.0 Å². The monoisotopic (exact) mass is 287 g/mol. The first kappa shape index (κ1) is 14.8. The molecule has 1 aromatic heterocycles. The number of nitrogens with zero attached hydrogens (tertiary/aromatic N) is 2. The van der Waals surface area contributed by atoms with E-state index in [2.05, 4.69) is 15.3 Å². The lowest BCUT2D eigenvalue weighted by atomic mass is 10.1. The number of anilines is 1. The molecule has 0 saturated heterocycles. The number of nitrogens with one attached hydrogen (secondary N) is 1. The molecule has 1 aromatic carbocycles. The number of carboxylic acids is 1. The predicted octanol–water partition coefficient (Wildman–Crippen LogP) is 2.42. The summed E-state index contributed by atoms with van der Waals surface area (Å²) in [6.45, 7) is 4.14. The zero-order chi connectivity index (χ0) is 15.2. The Labute approximate surface area is 122 Å². The van der Waals surface area contributed by atoms with E-state index in [4.69, 9.17) is 4.74 Å². The van der Waals surface area contributed by atoms with Gasteiger partial charge in [-0.3, -0.25) is 0 Å². The molecule has 0 aliphatic heterocycles. The molecule has 0 spiro atoms. The molecule has 1 unspecified atom stereocenters. The van der Waals surface area contributed by atoms with Gasteiger partial charge in [0.1, 0.15) is 0 Å². The molecule has 21 heavy (non-hydrogen) atoms. The topological polar surface area (TPSA) is 84.3 Å². The van der Waals surface area contributed by atoms with Crippen molar-refractivity contribution in [1.29, 1.82) is 0 Å². The van der Waals surface area contributed by atoms with Crippen molar-refractivity contribution in [1.82, 2.24) is 9.97 Å². The number of rotatable bonds is 6. The number of benzene rings is 1. The Morgan fingerprint density at radius 3 is 2.67 bits per heavy atom. The van der Waals surface area contributed by atoms with Gasteiger partial charge in [0.2, 0.25) is 11.8 Å². The Morgan fingerprint density at radius 1 is 1.33 bits per heavy atom. The highest BCUT2D eigenvalue weighted by molar-refractivity contribution is 5.78. The molecule has 0 aliphatic rings. The van der Waals surface area contributed by atoms with Crippen LogP contribution in [0, 0.1) is 6.92 Å². The highest BCUT2D eigenvalue weighted by atomic mass is 16.5. The van der Waals surface area contributed by atoms with Gasteiger partial charge in [-0.15, -0.1) is 0 Å². The molecule has 2 aromatic rings. The van der Waals surface area contributed by atoms with Crippen molar-refractivity contribution in [3.8, 4) is 5.88 Å². The Balaban J connectivity index is 2.27. The van der Waals surface area contributed by atoms with E-state index in [0.717, 1.165) is 0 Å². The Bertz CT molecular complexity index is 617. The molecular weight excluding hydrogens is 270 g/mol. The third-order valence-electron chi connectivity index (χ3n) is 2.78. The summed E-state index contributed by atoms with van der Waals surface area (Å²) in [5.74, 6) is -0.344. The first-order valence-corrected chi connectivity index (χ1v) is 6.63. The van der Waals surface area contributed by atoms with Crippen LogP contribution < -0.4 is 10.1 Å². The number of ether oxygens (including phenoxy) is 1. The van der Waals surface area contributed by atoms with Crippen LogP contribution in [0.5, 0.6) is 5.88 Å². The van der Waals surface area contributed by atoms with Crippen LogP contribution in [0.15, 0.2) is 36.4 Å². The van der Waals surface area contributed by atoms with Gasteiger partial charge in [0, 0.05) is 11.8 Å². The summed E-state index contributed by atoms with van der Waals surface area (Å²) in [5.41, 5.74) is 1.33. The van der Waals surface area contributed by atoms with E-state index < -0.39 is 12.0 Å². The summed E-state index contributed by atoms with van der Waals surface area (Å²) < 4.78 is 5.34. The largest absolute Gasteiger partial charge is 0.479 e. The molecule has 0 fully saturated rings. The lowest BCUT2D eigenvalue weighted by molar-refractivity contribution is -0.138. The molecule has 0 bridgehead atoms. The minimum absolute atomic E-state index is 0.231. The van der Waals surface area contributed by atoms with Gasteiger partial charge >= 0.3 is 5.97 Å². The number of carbonyl (C=O) groups is 1. The lowest BCUT2D eigenvalue weighted by Gasteiger charge is -2.15. The standard InChI is InChI=1S/C15H17N3O3/c1-3-21-12-9-10(2)16-15(17-12)18-13(14(19)20)11-7-5-4-6-8-11/h4-9,13H,3H2,1-2H3,(H,19,20)(H,16,17,18). The van der Waals surface area contributed by atoms with Gasteiger partial charge in [0.05, 0.1) is 6.61 Å². The molecule has 0 aliphatic carbocycles. The molecule has 1 heterocycles. The minimum Gasteiger partial charge on any atom is -0.479 e. The third kappa shape index (κ3) is 3.92. The second-order valence-corrected chi connectivity index (χ2v) is 4.43. The lowest BCUT2D eigenvalue weighted by Crippen LogP contribution is -2.22. The molecule has 6 heteroatoms. The smallest absolute Gasteiger partial charge is 0.330 e. The van der Waals surface area contributed by atoms with E-state index in [0.29, 0.717) is 23.7 Å². The predicted molar refractivity (Wildman–Crippen MR) is 78.4 cm³/mol. The highest BCUT2D eigenvalue weighted by Crippen LogP contribution is 2.19. The van der Waals surface area contributed by atoms with Gasteiger partial charge in [-0.1, -0.05) is 30.3 Å². The fourth-order valence-corrected chi connectivity index (χ4v) is 1.89. The Morgan fingerprint density at radius 2 is 2.05 bits per heavy atom. The van der Waals surface area contributed by atoms with E-state index in [-0.39, 0.29) is 5.95 Å². The third-order valence-corrected chi connectivity index (χ3v) is 2.78. The van der Waals surface area contributed by atoms with Gasteiger partial charge < -0.3 is 15.2 Å². The van der Waals surface area contributed by atoms with Gasteiger partial charge in [-0.05, 0) is 19.4 Å². The van der Waals surface area contributed by atoms with Crippen LogP contribution in [0.2, 0.25) is 0 Å². The van der Waals surface area contributed by atoms with Crippen molar-refractivity contribution in [3.63, 3.8) is 0 Å². The first-order chi connectivity index (χ1) is 10.1. The number of carboxylic acid groups (broad SMARTS) is 1. The summed E-state index contributed by atoms with van der Waals surface area (Å²) in [7, 11) is 0. The van der Waals surface area contributed by atoms with Crippen LogP contribution in [0.3, 0.4) is 0 Å². The quantitative estimate of drug-likeness (QED) is 0.848. The van der Waals surface area contributed by atoms with Gasteiger partial charge in [0.15, 0.2) is 6.04 Å². The molecule has 2 N–H and O–H groups in total. The van der Waals surface area contributed by atoms with Crippen LogP contribution in [0.1, 0.15) is 24.2 Å². The Hall–Kier alpha value is -2.63. The molecule has 1 atom stereocenters. The molecule has 110 valence electrons. The number of aromatic nitrogens is 2. The minimum atomic E-state index is -0.996. The Kier molecular flexibility index (Phi) is 4.71. The van der Waals surface area contributed by atoms with Crippen LogP contribution in [-0.4, -0.2) is 27.7 Å². The maximum atomic E-state index is 11.5. The molecule has 0 amide bonds. The molecular formula is C15H17N3O3. The summed E-state index contributed by atoms with van der Waals surface area (Å²) in [5, 5.41) is 12.2. The van der Waals surface area contributed by atoms with Gasteiger partial charge in [-0.25, -0.2) is 9.78 Å². The SMILES string of the molecule is CCOc1cc(C)nc(NC(C(=O)O)c2ccccc2)n1. The van der Waals surface area contributed by atoms with Crippen molar-refractivity contribution in [2.45, 2.75) is 19.9 Å². The van der Waals surface area contributed by atoms with Crippen molar-refractivity contribution in [3.05, 3.63) is 47.7 Å². The zero-order valence-electron chi connectivity index (χ0n) is 11.9. The molecule has 0 saturated carbocycles. The van der Waals surface area contributed by atoms with E-state index >= 15 is 0 Å². The summed E-state index contributed by atoms with van der Waals surface area (Å²) in [4.78, 5) is 19.8. The fourth-order valence-electron chi connectivity index (χ4n) is 1.89. The van der Waals surface area contributed by atoms with Crippen molar-refractivity contribution in [2.75, 3.05) is 11.9 Å². The highest BCUT2D eigenvalue weighted by Gasteiger charge is 2.20. The van der Waals surface area contributed by atoms with E-state index in [1.54, 1.807) is 37.3 Å². The van der Waals surface area contributed by atoms with Crippen molar-refractivity contribution < 1.29 is 14.6 Å². The average Bonchev–Trinajstić information content (AvgIpc) is 2.45. The molecule has 0 radical (unpaired) electrons. The van der Waals surface area contributed by atoms with Crippen molar-refractivity contribution >= 4 is 11.9 Å². The van der Waals surface area contributed by atoms with Crippen LogP contribution in [-0.2, 0) is 4.79 Å². The molecule has 6 nitrogen and oxygen atoms in total. The second kappa shape index (κ2) is 6.69. The van der Waals surface area contributed by atoms with Crippen LogP contribution in [0.25, 0.3) is 0 Å². The number of aliphatic carboxylic acids is 1. The number of hydrogen-bond donors (Lipinski definition) is 2. The summed E-state index contributed by atoms with van der Waals surface area (Å²) in [6.07, 6.45) is 0. The zero-order valence-corrected chi connectivity index (χ0v) is 11.9. The van der Waals surface area contributed by atoms with E-state index in [9.17, 15) is 9.90 Å². The summed E-state index contributed by atoms with van der Waals surface area (Å²) >= 11 is 0. The fraction of sp³-hybridized carbons (Fsp3) is 0.267. The van der Waals surface area contributed by atoms with Crippen molar-refractivity contribution in [2.24, 2.45) is 0 Å². The maximum absolute atomic E-state index is 11.5. The number of hydrogen-bond acceptors (Lipinski definition) is 5. The number of aryl methyl sites for hydroxylation is 1. The van der Waals surface area contributed by atoms with E-state index in [1.165, 1.54) is 0 Å².